The van der Waals surface area contributed by atoms with E-state index < -0.39 is 5.97 Å². The molecule has 19 heavy (non-hydrogen) atoms. The maximum absolute atomic E-state index is 11.0. The average molecular weight is 325 g/mol. The second-order valence-electron chi connectivity index (χ2n) is 4.20. The van der Waals surface area contributed by atoms with Gasteiger partial charge in [-0.2, -0.15) is 5.10 Å². The molecule has 1 aromatic carbocycles. The maximum atomic E-state index is 11.0. The van der Waals surface area contributed by atoms with Gasteiger partial charge < -0.3 is 9.84 Å². The Bertz CT molecular complexity index is 650. The van der Waals surface area contributed by atoms with Gasteiger partial charge in [0.25, 0.3) is 0 Å². The van der Waals surface area contributed by atoms with E-state index in [0.29, 0.717) is 15.9 Å². The van der Waals surface area contributed by atoms with Crippen LogP contribution in [0.5, 0.6) is 5.75 Å². The summed E-state index contributed by atoms with van der Waals surface area (Å²) in [7, 11) is 1.58. The van der Waals surface area contributed by atoms with Crippen molar-refractivity contribution in [1.29, 1.82) is 0 Å². The summed E-state index contributed by atoms with van der Waals surface area (Å²) in [5.41, 5.74) is 3.49. The molecular weight excluding hydrogens is 312 g/mol. The van der Waals surface area contributed by atoms with E-state index in [2.05, 4.69) is 26.1 Å². The van der Waals surface area contributed by atoms with E-state index in [-0.39, 0.29) is 5.69 Å². The number of hydrogen-bond donors (Lipinski definition) is 2. The first-order valence-corrected chi connectivity index (χ1v) is 6.37. The second kappa shape index (κ2) is 5.05. The number of aryl methyl sites for hydroxylation is 2. The number of rotatable bonds is 3. The van der Waals surface area contributed by atoms with Crippen molar-refractivity contribution in [3.8, 4) is 17.0 Å². The highest BCUT2D eigenvalue weighted by Crippen LogP contribution is 2.36. The van der Waals surface area contributed by atoms with Crippen molar-refractivity contribution in [2.75, 3.05) is 7.11 Å². The molecule has 0 amide bonds. The molecule has 0 unspecified atom stereocenters. The minimum atomic E-state index is -1.06. The zero-order chi connectivity index (χ0) is 14.2. The third-order valence-corrected chi connectivity index (χ3v) is 3.76. The van der Waals surface area contributed by atoms with Gasteiger partial charge in [-0.3, -0.25) is 5.10 Å². The van der Waals surface area contributed by atoms with Crippen LogP contribution in [0.2, 0.25) is 0 Å². The smallest absolute Gasteiger partial charge is 0.355 e. The van der Waals surface area contributed by atoms with Gasteiger partial charge in [0.1, 0.15) is 11.4 Å². The third-order valence-electron chi connectivity index (χ3n) is 2.99. The van der Waals surface area contributed by atoms with Crippen LogP contribution in [0.4, 0.5) is 0 Å². The number of carbonyl (C=O) groups is 1. The van der Waals surface area contributed by atoms with Gasteiger partial charge in [-0.1, -0.05) is 0 Å². The lowest BCUT2D eigenvalue weighted by Gasteiger charge is -2.10. The van der Waals surface area contributed by atoms with E-state index in [9.17, 15) is 4.79 Å². The zero-order valence-electron chi connectivity index (χ0n) is 10.7. The first kappa shape index (κ1) is 13.6. The molecule has 2 rings (SSSR count). The lowest BCUT2D eigenvalue weighted by atomic mass is 10.0. The van der Waals surface area contributed by atoms with Crippen LogP contribution >= 0.6 is 15.9 Å². The van der Waals surface area contributed by atoms with Crippen molar-refractivity contribution in [3.05, 3.63) is 33.4 Å². The molecule has 0 atom stereocenters. The fourth-order valence-electron chi connectivity index (χ4n) is 1.79. The summed E-state index contributed by atoms with van der Waals surface area (Å²) in [6, 6.07) is 3.84. The summed E-state index contributed by atoms with van der Waals surface area (Å²) in [4.78, 5) is 11.0. The fraction of sp³-hybridized carbons (Fsp3) is 0.231. The highest BCUT2D eigenvalue weighted by atomic mass is 79.9. The number of halogens is 1. The van der Waals surface area contributed by atoms with Gasteiger partial charge in [0.2, 0.25) is 0 Å². The maximum Gasteiger partial charge on any atom is 0.355 e. The van der Waals surface area contributed by atoms with E-state index in [1.165, 1.54) is 0 Å². The highest BCUT2D eigenvalue weighted by molar-refractivity contribution is 9.10. The van der Waals surface area contributed by atoms with E-state index in [1.807, 2.05) is 26.0 Å². The first-order valence-electron chi connectivity index (χ1n) is 5.58. The standard InChI is InChI=1S/C13H13BrN2O3/c1-6-4-8(9(19-3)5-7(6)2)11-10(14)12(13(17)18)16-15-11/h4-5H,1-3H3,(H,15,16)(H,17,18). The quantitative estimate of drug-likeness (QED) is 0.909. The summed E-state index contributed by atoms with van der Waals surface area (Å²) < 4.78 is 5.76. The molecule has 0 radical (unpaired) electrons. The number of aromatic carboxylic acids is 1. The topological polar surface area (TPSA) is 75.2 Å². The third kappa shape index (κ3) is 2.35. The molecule has 0 aliphatic rings. The van der Waals surface area contributed by atoms with Crippen molar-refractivity contribution >= 4 is 21.9 Å². The molecule has 0 spiro atoms. The molecule has 5 nitrogen and oxygen atoms in total. The van der Waals surface area contributed by atoms with Gasteiger partial charge in [-0.15, -0.1) is 0 Å². The highest BCUT2D eigenvalue weighted by Gasteiger charge is 2.20. The molecule has 2 aromatic rings. The predicted molar refractivity (Wildman–Crippen MR) is 74.7 cm³/mol. The Kier molecular flexibility index (Phi) is 3.61. The molecule has 100 valence electrons. The van der Waals surface area contributed by atoms with Crippen LogP contribution in [0.15, 0.2) is 16.6 Å². The molecule has 1 heterocycles. The minimum Gasteiger partial charge on any atom is -0.496 e. The monoisotopic (exact) mass is 324 g/mol. The van der Waals surface area contributed by atoms with Crippen molar-refractivity contribution < 1.29 is 14.6 Å². The number of nitrogens with zero attached hydrogens (tertiary/aromatic N) is 1. The number of aromatic nitrogens is 2. The lowest BCUT2D eigenvalue weighted by molar-refractivity contribution is 0.0689. The Hall–Kier alpha value is -1.82. The van der Waals surface area contributed by atoms with Crippen LogP contribution in [0.1, 0.15) is 21.6 Å². The Labute approximate surface area is 118 Å². The number of H-pyrrole nitrogens is 1. The van der Waals surface area contributed by atoms with Crippen molar-refractivity contribution in [3.63, 3.8) is 0 Å². The summed E-state index contributed by atoms with van der Waals surface area (Å²) in [6.45, 7) is 3.97. The van der Waals surface area contributed by atoms with Crippen molar-refractivity contribution in [1.82, 2.24) is 10.2 Å². The van der Waals surface area contributed by atoms with Crippen LogP contribution < -0.4 is 4.74 Å². The number of nitrogens with one attached hydrogen (secondary N) is 1. The number of hydrogen-bond acceptors (Lipinski definition) is 3. The SMILES string of the molecule is COc1cc(C)c(C)cc1-c1n[nH]c(C(=O)O)c1Br. The molecule has 0 fully saturated rings. The van der Waals surface area contributed by atoms with E-state index >= 15 is 0 Å². The summed E-state index contributed by atoms with van der Waals surface area (Å²) in [5.74, 6) is -0.402. The number of aromatic amines is 1. The number of carboxylic acids is 1. The van der Waals surface area contributed by atoms with E-state index in [0.717, 1.165) is 16.7 Å². The predicted octanol–water partition coefficient (Wildman–Crippen LogP) is 3.16. The average Bonchev–Trinajstić information content (AvgIpc) is 2.74. The van der Waals surface area contributed by atoms with Crippen LogP contribution in [0, 0.1) is 13.8 Å². The molecule has 2 N–H and O–H groups in total. The van der Waals surface area contributed by atoms with Crippen LogP contribution in [0.25, 0.3) is 11.3 Å². The van der Waals surface area contributed by atoms with Crippen LogP contribution in [-0.2, 0) is 0 Å². The molecule has 0 aliphatic carbocycles. The van der Waals surface area contributed by atoms with Gasteiger partial charge >= 0.3 is 5.97 Å². The van der Waals surface area contributed by atoms with E-state index in [4.69, 9.17) is 9.84 Å². The Morgan fingerprint density at radius 3 is 2.53 bits per heavy atom. The number of methoxy groups -OCH3 is 1. The summed E-state index contributed by atoms with van der Waals surface area (Å²) >= 11 is 3.26. The first-order chi connectivity index (χ1) is 8.95. The molecule has 0 aliphatic heterocycles. The van der Waals surface area contributed by atoms with Crippen molar-refractivity contribution in [2.45, 2.75) is 13.8 Å². The number of ether oxygens (including phenoxy) is 1. The Morgan fingerprint density at radius 2 is 2.00 bits per heavy atom. The lowest BCUT2D eigenvalue weighted by Crippen LogP contribution is -1.97. The Morgan fingerprint density at radius 1 is 1.37 bits per heavy atom. The van der Waals surface area contributed by atoms with Crippen molar-refractivity contribution in [2.24, 2.45) is 0 Å². The molecule has 0 saturated heterocycles. The minimum absolute atomic E-state index is 0.0234. The molecule has 0 bridgehead atoms. The molecular formula is C13H13BrN2O3. The molecule has 0 saturated carbocycles. The summed E-state index contributed by atoms with van der Waals surface area (Å²) in [6.07, 6.45) is 0. The van der Waals surface area contributed by atoms with Gasteiger partial charge in [-0.25, -0.2) is 4.79 Å². The second-order valence-corrected chi connectivity index (χ2v) is 5.00. The molecule has 6 heteroatoms. The number of benzene rings is 1. The van der Waals surface area contributed by atoms with Gasteiger partial charge in [-0.05, 0) is 53.0 Å². The van der Waals surface area contributed by atoms with Gasteiger partial charge in [0, 0.05) is 5.56 Å². The fourth-order valence-corrected chi connectivity index (χ4v) is 2.35. The van der Waals surface area contributed by atoms with Gasteiger partial charge in [0.15, 0.2) is 5.69 Å². The largest absolute Gasteiger partial charge is 0.496 e. The van der Waals surface area contributed by atoms with Gasteiger partial charge in [0.05, 0.1) is 11.6 Å². The Balaban J connectivity index is 2.65. The normalized spacial score (nSPS) is 10.5. The van der Waals surface area contributed by atoms with Crippen LogP contribution in [-0.4, -0.2) is 28.4 Å². The summed E-state index contributed by atoms with van der Waals surface area (Å²) in [5, 5.41) is 15.6. The number of carboxylic acid groups (broad SMARTS) is 1. The van der Waals surface area contributed by atoms with Crippen LogP contribution in [0.3, 0.4) is 0 Å². The zero-order valence-corrected chi connectivity index (χ0v) is 12.3. The molecule has 1 aromatic heterocycles. The van der Waals surface area contributed by atoms with E-state index in [1.54, 1.807) is 7.11 Å².